The van der Waals surface area contributed by atoms with E-state index in [0.717, 1.165) is 34.2 Å². The van der Waals surface area contributed by atoms with E-state index >= 15 is 0 Å². The molecule has 4 aromatic rings. The summed E-state index contributed by atoms with van der Waals surface area (Å²) in [6.07, 6.45) is 0. The number of hydrogen-bond acceptors (Lipinski definition) is 4. The molecule has 0 radical (unpaired) electrons. The second kappa shape index (κ2) is 6.99. The Bertz CT molecular complexity index is 1170. The predicted octanol–water partition coefficient (Wildman–Crippen LogP) is 6.26. The number of para-hydroxylation sites is 2. The Hall–Kier alpha value is -3.66. The van der Waals surface area contributed by atoms with Crippen molar-refractivity contribution in [1.29, 1.82) is 0 Å². The first-order valence-electron chi connectivity index (χ1n) is 10.1. The topological polar surface area (TPSA) is 38.2 Å². The Kier molecular flexibility index (Phi) is 4.28. The second-order valence-electron chi connectivity index (χ2n) is 8.00. The molecule has 0 bridgehead atoms. The zero-order valence-electron chi connectivity index (χ0n) is 17.3. The molecule has 1 aromatic heterocycles. The maximum absolute atomic E-state index is 5.34. The van der Waals surface area contributed by atoms with Crippen LogP contribution in [0.5, 0.6) is 5.75 Å². The van der Waals surface area contributed by atoms with E-state index in [0.29, 0.717) is 0 Å². The van der Waals surface area contributed by atoms with Crippen molar-refractivity contribution in [3.05, 3.63) is 96.1 Å². The van der Waals surface area contributed by atoms with E-state index in [1.807, 2.05) is 36.4 Å². The van der Waals surface area contributed by atoms with E-state index < -0.39 is 0 Å². The minimum Gasteiger partial charge on any atom is -0.497 e. The number of ether oxygens (including phenoxy) is 1. The molecule has 0 amide bonds. The van der Waals surface area contributed by atoms with Crippen LogP contribution in [0.3, 0.4) is 0 Å². The van der Waals surface area contributed by atoms with Gasteiger partial charge in [-0.3, -0.25) is 4.90 Å². The van der Waals surface area contributed by atoms with Crippen LogP contribution in [-0.4, -0.2) is 17.3 Å². The SMILES string of the molecule is COc1cccc(-c2ccc(N3c4ccccc4C(C)(C)c4ccccc43)nn2)c1. The highest BCUT2D eigenvalue weighted by Crippen LogP contribution is 2.51. The van der Waals surface area contributed by atoms with Gasteiger partial charge in [-0.1, -0.05) is 62.4 Å². The number of aromatic nitrogens is 2. The Morgan fingerprint density at radius 1 is 0.733 bits per heavy atom. The van der Waals surface area contributed by atoms with Crippen LogP contribution in [0, 0.1) is 0 Å². The van der Waals surface area contributed by atoms with Crippen molar-refractivity contribution in [3.8, 4) is 17.0 Å². The average Bonchev–Trinajstić information content (AvgIpc) is 2.80. The fourth-order valence-electron chi connectivity index (χ4n) is 4.30. The predicted molar refractivity (Wildman–Crippen MR) is 121 cm³/mol. The standard InChI is InChI=1S/C26H23N3O/c1-26(2)20-11-4-6-13-23(20)29(24-14-7-5-12-21(24)26)25-16-15-22(27-28-25)18-9-8-10-19(17-18)30-3/h4-17H,1-3H3. The van der Waals surface area contributed by atoms with E-state index in [9.17, 15) is 0 Å². The maximum Gasteiger partial charge on any atom is 0.160 e. The van der Waals surface area contributed by atoms with Gasteiger partial charge in [0.25, 0.3) is 0 Å². The molecule has 0 fully saturated rings. The monoisotopic (exact) mass is 393 g/mol. The zero-order valence-corrected chi connectivity index (χ0v) is 17.3. The minimum atomic E-state index is -0.0857. The molecule has 0 unspecified atom stereocenters. The highest BCUT2D eigenvalue weighted by Gasteiger charge is 2.36. The van der Waals surface area contributed by atoms with Crippen molar-refractivity contribution in [1.82, 2.24) is 10.2 Å². The quantitative estimate of drug-likeness (QED) is 0.412. The first-order valence-corrected chi connectivity index (χ1v) is 10.1. The highest BCUT2D eigenvalue weighted by molar-refractivity contribution is 5.84. The largest absolute Gasteiger partial charge is 0.497 e. The molecule has 5 rings (SSSR count). The number of anilines is 3. The molecule has 4 nitrogen and oxygen atoms in total. The van der Waals surface area contributed by atoms with Crippen LogP contribution in [0.4, 0.5) is 17.2 Å². The van der Waals surface area contributed by atoms with Crippen molar-refractivity contribution in [2.24, 2.45) is 0 Å². The van der Waals surface area contributed by atoms with Gasteiger partial charge in [0, 0.05) is 11.0 Å². The summed E-state index contributed by atoms with van der Waals surface area (Å²) in [6.45, 7) is 4.55. The Balaban J connectivity index is 1.62. The lowest BCUT2D eigenvalue weighted by Crippen LogP contribution is -2.30. The minimum absolute atomic E-state index is 0.0857. The van der Waals surface area contributed by atoms with Gasteiger partial charge in [0.05, 0.1) is 24.2 Å². The third-order valence-corrected chi connectivity index (χ3v) is 5.88. The third-order valence-electron chi connectivity index (χ3n) is 5.88. The molecule has 0 atom stereocenters. The number of hydrogen-bond donors (Lipinski definition) is 0. The van der Waals surface area contributed by atoms with Gasteiger partial charge >= 0.3 is 0 Å². The van der Waals surface area contributed by atoms with Crippen LogP contribution >= 0.6 is 0 Å². The number of rotatable bonds is 3. The van der Waals surface area contributed by atoms with Gasteiger partial charge in [-0.2, -0.15) is 0 Å². The van der Waals surface area contributed by atoms with E-state index in [4.69, 9.17) is 4.74 Å². The lowest BCUT2D eigenvalue weighted by molar-refractivity contribution is 0.415. The van der Waals surface area contributed by atoms with Gasteiger partial charge in [0.2, 0.25) is 0 Å². The Morgan fingerprint density at radius 3 is 2.00 bits per heavy atom. The summed E-state index contributed by atoms with van der Waals surface area (Å²) < 4.78 is 5.34. The van der Waals surface area contributed by atoms with Gasteiger partial charge in [0.1, 0.15) is 5.75 Å². The summed E-state index contributed by atoms with van der Waals surface area (Å²) in [5.41, 5.74) is 6.56. The van der Waals surface area contributed by atoms with Crippen molar-refractivity contribution >= 4 is 17.2 Å². The molecule has 0 saturated heterocycles. The molecule has 0 aliphatic carbocycles. The molecule has 30 heavy (non-hydrogen) atoms. The second-order valence-corrected chi connectivity index (χ2v) is 8.00. The van der Waals surface area contributed by atoms with Crippen LogP contribution in [-0.2, 0) is 5.41 Å². The Morgan fingerprint density at radius 2 is 1.40 bits per heavy atom. The van der Waals surface area contributed by atoms with Gasteiger partial charge in [-0.05, 0) is 47.5 Å². The van der Waals surface area contributed by atoms with Gasteiger partial charge in [0.15, 0.2) is 5.82 Å². The van der Waals surface area contributed by atoms with E-state index in [2.05, 4.69) is 77.5 Å². The molecule has 1 aliphatic heterocycles. The van der Waals surface area contributed by atoms with Crippen LogP contribution in [0.15, 0.2) is 84.9 Å². The first-order chi connectivity index (χ1) is 14.6. The number of fused-ring (bicyclic) bond motifs is 2. The van der Waals surface area contributed by atoms with Crippen LogP contribution in [0.1, 0.15) is 25.0 Å². The third kappa shape index (κ3) is 2.84. The summed E-state index contributed by atoms with van der Waals surface area (Å²) in [6, 6.07) is 29.0. The van der Waals surface area contributed by atoms with Crippen LogP contribution in [0.25, 0.3) is 11.3 Å². The summed E-state index contributed by atoms with van der Waals surface area (Å²) in [4.78, 5) is 2.21. The molecule has 2 heterocycles. The smallest absolute Gasteiger partial charge is 0.160 e. The molecule has 148 valence electrons. The summed E-state index contributed by atoms with van der Waals surface area (Å²) >= 11 is 0. The Labute approximate surface area is 176 Å². The van der Waals surface area contributed by atoms with Crippen molar-refractivity contribution in [3.63, 3.8) is 0 Å². The molecule has 0 N–H and O–H groups in total. The van der Waals surface area contributed by atoms with Gasteiger partial charge in [-0.15, -0.1) is 10.2 Å². The molecule has 0 saturated carbocycles. The molecule has 1 aliphatic rings. The number of methoxy groups -OCH3 is 1. The molecule has 4 heteroatoms. The van der Waals surface area contributed by atoms with Crippen molar-refractivity contribution in [2.75, 3.05) is 12.0 Å². The normalized spacial score (nSPS) is 14.0. The maximum atomic E-state index is 5.34. The summed E-state index contributed by atoms with van der Waals surface area (Å²) in [5, 5.41) is 9.15. The van der Waals surface area contributed by atoms with E-state index in [1.54, 1.807) is 7.11 Å². The van der Waals surface area contributed by atoms with Crippen molar-refractivity contribution < 1.29 is 4.74 Å². The lowest BCUT2D eigenvalue weighted by Gasteiger charge is -2.41. The number of benzene rings is 3. The van der Waals surface area contributed by atoms with E-state index in [-0.39, 0.29) is 5.41 Å². The fourth-order valence-corrected chi connectivity index (χ4v) is 4.30. The van der Waals surface area contributed by atoms with E-state index in [1.165, 1.54) is 11.1 Å². The lowest BCUT2D eigenvalue weighted by atomic mass is 9.73. The number of nitrogens with zero attached hydrogens (tertiary/aromatic N) is 3. The molecular formula is C26H23N3O. The first kappa shape index (κ1) is 18.4. The van der Waals surface area contributed by atoms with Crippen LogP contribution in [0.2, 0.25) is 0 Å². The fraction of sp³-hybridized carbons (Fsp3) is 0.154. The van der Waals surface area contributed by atoms with Gasteiger partial charge < -0.3 is 4.74 Å². The summed E-state index contributed by atoms with van der Waals surface area (Å²) in [5.74, 6) is 1.61. The van der Waals surface area contributed by atoms with Gasteiger partial charge in [-0.25, -0.2) is 0 Å². The van der Waals surface area contributed by atoms with Crippen LogP contribution < -0.4 is 9.64 Å². The van der Waals surface area contributed by atoms with Crippen molar-refractivity contribution in [2.45, 2.75) is 19.3 Å². The average molecular weight is 393 g/mol. The molecule has 0 spiro atoms. The summed E-state index contributed by atoms with van der Waals surface area (Å²) in [7, 11) is 1.67. The molecule has 3 aromatic carbocycles. The highest BCUT2D eigenvalue weighted by atomic mass is 16.5. The zero-order chi connectivity index (χ0) is 20.7. The molecular weight excluding hydrogens is 370 g/mol.